The Kier molecular flexibility index (Phi) is 1.39. The molecule has 0 heterocycles. The van der Waals surface area contributed by atoms with Gasteiger partial charge < -0.3 is 0 Å². The quantitative estimate of drug-likeness (QED) is 0.509. The molecule has 0 unspecified atom stereocenters. The van der Waals surface area contributed by atoms with Gasteiger partial charge in [0.05, 0.1) is 0 Å². The van der Waals surface area contributed by atoms with Gasteiger partial charge in [0.2, 0.25) is 0 Å². The minimum Gasteiger partial charge on any atom is -0.171 e. The van der Waals surface area contributed by atoms with Crippen LogP contribution < -0.4 is 0 Å². The van der Waals surface area contributed by atoms with E-state index in [0.29, 0.717) is 0 Å². The van der Waals surface area contributed by atoms with Crippen molar-refractivity contribution >= 4 is 22.6 Å². The third kappa shape index (κ3) is 1.27. The van der Waals surface area contributed by atoms with E-state index < -0.39 is 12.6 Å². The second kappa shape index (κ2) is 1.88. The molecule has 3 aliphatic rings. The van der Waals surface area contributed by atoms with E-state index in [1.807, 2.05) is 0 Å². The first-order valence-electron chi connectivity index (χ1n) is 3.58. The van der Waals surface area contributed by atoms with Crippen LogP contribution in [0.15, 0.2) is 0 Å². The maximum atomic E-state index is 11.9. The Morgan fingerprint density at radius 3 is 1.91 bits per heavy atom. The lowest BCUT2D eigenvalue weighted by Crippen LogP contribution is -2.64. The molecule has 0 radical (unpaired) electrons. The van der Waals surface area contributed by atoms with E-state index in [4.69, 9.17) is 0 Å². The molecule has 11 heavy (non-hydrogen) atoms. The van der Waals surface area contributed by atoms with Crippen LogP contribution >= 0.6 is 22.6 Å². The molecular formula is C7H8F3I. The average Bonchev–Trinajstić information content (AvgIpc) is 1.53. The minimum absolute atomic E-state index is 0.267. The van der Waals surface area contributed by atoms with Crippen LogP contribution in [0.3, 0.4) is 0 Å². The summed E-state index contributed by atoms with van der Waals surface area (Å²) in [7, 11) is 0. The van der Waals surface area contributed by atoms with Crippen LogP contribution in [0.4, 0.5) is 13.2 Å². The Balaban J connectivity index is 1.91. The zero-order valence-corrected chi connectivity index (χ0v) is 8.00. The molecule has 3 fully saturated rings. The smallest absolute Gasteiger partial charge is 0.171 e. The first kappa shape index (κ1) is 8.13. The normalized spacial score (nSPS) is 48.0. The molecule has 0 spiro atoms. The Hall–Kier alpha value is 0.520. The first-order valence-corrected chi connectivity index (χ1v) is 4.66. The Bertz CT molecular complexity index is 177. The van der Waals surface area contributed by atoms with Crippen molar-refractivity contribution in [3.05, 3.63) is 0 Å². The van der Waals surface area contributed by atoms with Crippen LogP contribution in [-0.2, 0) is 0 Å². The Morgan fingerprint density at radius 2 is 1.64 bits per heavy atom. The highest BCUT2D eigenvalue weighted by molar-refractivity contribution is 14.1. The van der Waals surface area contributed by atoms with Gasteiger partial charge in [-0.3, -0.25) is 0 Å². The van der Waals surface area contributed by atoms with Gasteiger partial charge in [0.1, 0.15) is 0 Å². The van der Waals surface area contributed by atoms with Crippen molar-refractivity contribution in [1.29, 1.82) is 0 Å². The molecule has 0 atom stereocenters. The molecule has 0 N–H and O–H groups in total. The third-order valence-electron chi connectivity index (χ3n) is 2.65. The average molecular weight is 276 g/mol. The van der Waals surface area contributed by atoms with Gasteiger partial charge in [-0.25, -0.2) is 0 Å². The van der Waals surface area contributed by atoms with Gasteiger partial charge in [0.25, 0.3) is 0 Å². The van der Waals surface area contributed by atoms with Crippen LogP contribution in [0.5, 0.6) is 0 Å². The topological polar surface area (TPSA) is 0 Å². The summed E-state index contributed by atoms with van der Waals surface area (Å²) in [6.07, 6.45) is -2.12. The lowest BCUT2D eigenvalue weighted by molar-refractivity contribution is -0.206. The molecule has 3 aliphatic carbocycles. The number of halogens is 4. The van der Waals surface area contributed by atoms with Gasteiger partial charge >= 0.3 is 6.18 Å². The summed E-state index contributed by atoms with van der Waals surface area (Å²) in [6.45, 7) is 0. The second-order valence-electron chi connectivity index (χ2n) is 3.97. The fourth-order valence-electron chi connectivity index (χ4n) is 2.47. The highest BCUT2D eigenvalue weighted by atomic mass is 127. The van der Waals surface area contributed by atoms with E-state index in [1.54, 1.807) is 0 Å². The molecule has 0 saturated heterocycles. The minimum atomic E-state index is -3.95. The molecular weight excluding hydrogens is 268 g/mol. The highest BCUT2D eigenvalue weighted by Crippen LogP contribution is 2.74. The molecule has 0 nitrogen and oxygen atoms in total. The fraction of sp³-hybridized carbons (Fsp3) is 1.00. The Labute approximate surface area is 76.7 Å². The van der Waals surface area contributed by atoms with Crippen molar-refractivity contribution in [2.75, 3.05) is 0 Å². The molecule has 64 valence electrons. The molecule has 4 heteroatoms. The van der Waals surface area contributed by atoms with Crippen LogP contribution in [-0.4, -0.2) is 9.60 Å². The third-order valence-corrected chi connectivity index (χ3v) is 3.80. The standard InChI is InChI=1S/C7H8F3I/c8-7(9,10)4-5-1-6(11,2-5)3-5/h1-4H2. The summed E-state index contributed by atoms with van der Waals surface area (Å²) in [5.74, 6) is 0. The number of rotatable bonds is 1. The van der Waals surface area contributed by atoms with E-state index in [0.717, 1.165) is 19.3 Å². The van der Waals surface area contributed by atoms with Crippen LogP contribution in [0.25, 0.3) is 0 Å². The van der Waals surface area contributed by atoms with Gasteiger partial charge in [-0.15, -0.1) is 0 Å². The SMILES string of the molecule is FC(F)(F)CC12CC(I)(C1)C2. The summed E-state index contributed by atoms with van der Waals surface area (Å²) < 4.78 is 36.0. The number of hydrogen-bond acceptors (Lipinski definition) is 0. The molecule has 3 rings (SSSR count). The molecule has 0 amide bonds. The van der Waals surface area contributed by atoms with Crippen LogP contribution in [0, 0.1) is 5.41 Å². The van der Waals surface area contributed by atoms with Crippen molar-refractivity contribution in [3.63, 3.8) is 0 Å². The maximum Gasteiger partial charge on any atom is 0.389 e. The molecule has 2 bridgehead atoms. The maximum absolute atomic E-state index is 11.9. The van der Waals surface area contributed by atoms with Gasteiger partial charge in [-0.2, -0.15) is 13.2 Å². The van der Waals surface area contributed by atoms with Crippen molar-refractivity contribution in [1.82, 2.24) is 0 Å². The first-order chi connectivity index (χ1) is 4.83. The van der Waals surface area contributed by atoms with E-state index in [9.17, 15) is 13.2 Å². The van der Waals surface area contributed by atoms with E-state index in [1.165, 1.54) is 0 Å². The van der Waals surface area contributed by atoms with Crippen molar-refractivity contribution in [2.45, 2.75) is 35.3 Å². The predicted molar refractivity (Wildman–Crippen MR) is 43.7 cm³/mol. The van der Waals surface area contributed by atoms with E-state index in [-0.39, 0.29) is 8.84 Å². The predicted octanol–water partition coefficient (Wildman–Crippen LogP) is 3.30. The summed E-state index contributed by atoms with van der Waals surface area (Å²) in [5.41, 5.74) is -0.320. The Morgan fingerprint density at radius 1 is 1.18 bits per heavy atom. The van der Waals surface area contributed by atoms with E-state index in [2.05, 4.69) is 22.6 Å². The second-order valence-corrected chi connectivity index (χ2v) is 6.26. The zero-order valence-electron chi connectivity index (χ0n) is 5.84. The largest absolute Gasteiger partial charge is 0.389 e. The van der Waals surface area contributed by atoms with Gasteiger partial charge in [-0.1, -0.05) is 22.6 Å². The van der Waals surface area contributed by atoms with Crippen LogP contribution in [0.2, 0.25) is 0 Å². The van der Waals surface area contributed by atoms with Crippen molar-refractivity contribution < 1.29 is 13.2 Å². The molecule has 0 aromatic heterocycles. The number of hydrogen-bond donors (Lipinski definition) is 0. The molecule has 0 aromatic rings. The van der Waals surface area contributed by atoms with Gasteiger partial charge in [0.15, 0.2) is 0 Å². The zero-order chi connectivity index (χ0) is 8.33. The summed E-state index contributed by atoms with van der Waals surface area (Å²) >= 11 is 2.29. The fourth-order valence-corrected chi connectivity index (χ4v) is 4.90. The summed E-state index contributed by atoms with van der Waals surface area (Å²) in [4.78, 5) is 0. The van der Waals surface area contributed by atoms with Crippen LogP contribution in [0.1, 0.15) is 25.7 Å². The van der Waals surface area contributed by atoms with Gasteiger partial charge in [0, 0.05) is 9.84 Å². The monoisotopic (exact) mass is 276 g/mol. The summed E-state index contributed by atoms with van der Waals surface area (Å²) in [6, 6.07) is 0. The lowest BCUT2D eigenvalue weighted by atomic mass is 9.43. The van der Waals surface area contributed by atoms with E-state index >= 15 is 0 Å². The highest BCUT2D eigenvalue weighted by Gasteiger charge is 2.68. The van der Waals surface area contributed by atoms with Crippen molar-refractivity contribution in [3.8, 4) is 0 Å². The molecule has 3 saturated carbocycles. The summed E-state index contributed by atoms with van der Waals surface area (Å²) in [5, 5.41) is 0. The lowest BCUT2D eigenvalue weighted by Gasteiger charge is -2.68. The number of alkyl halides is 4. The van der Waals surface area contributed by atoms with Gasteiger partial charge in [-0.05, 0) is 24.7 Å². The molecule has 0 aromatic carbocycles. The molecule has 0 aliphatic heterocycles. The van der Waals surface area contributed by atoms with Crippen molar-refractivity contribution in [2.24, 2.45) is 5.41 Å².